The van der Waals surface area contributed by atoms with Gasteiger partial charge in [-0.25, -0.2) is 0 Å². The number of anilines is 2. The number of halogens is 2. The second kappa shape index (κ2) is 9.83. The molecule has 1 amide bonds. The van der Waals surface area contributed by atoms with E-state index < -0.39 is 6.10 Å². The maximum atomic E-state index is 12.6. The molecule has 1 N–H and O–H groups in total. The van der Waals surface area contributed by atoms with Crippen LogP contribution >= 0.6 is 27.5 Å². The SMILES string of the molecule is CCN1CCN(c2ccc(NC(=O)C(C)Oc3ccc(Cl)cc3Br)c(C)c2)CC1. The highest BCUT2D eigenvalue weighted by molar-refractivity contribution is 9.10. The van der Waals surface area contributed by atoms with Crippen molar-refractivity contribution < 1.29 is 9.53 Å². The predicted molar refractivity (Wildman–Crippen MR) is 123 cm³/mol. The fraction of sp³-hybridized carbons (Fsp3) is 0.409. The quantitative estimate of drug-likeness (QED) is 0.635. The molecule has 1 saturated heterocycles. The summed E-state index contributed by atoms with van der Waals surface area (Å²) in [5.41, 5.74) is 3.04. The van der Waals surface area contributed by atoms with Crippen molar-refractivity contribution in [1.82, 2.24) is 4.90 Å². The first-order valence-electron chi connectivity index (χ1n) is 9.88. The number of benzene rings is 2. The fourth-order valence-electron chi connectivity index (χ4n) is 3.36. The standard InChI is InChI=1S/C22H27BrClN3O2/c1-4-26-9-11-27(12-10-26)18-6-7-20(15(2)13-18)25-22(28)16(3)29-21-8-5-17(24)14-19(21)23/h5-8,13-14,16H,4,9-12H2,1-3H3,(H,25,28). The van der Waals surface area contributed by atoms with Crippen LogP contribution in [-0.4, -0.2) is 49.6 Å². The van der Waals surface area contributed by atoms with Crippen LogP contribution in [0.3, 0.4) is 0 Å². The van der Waals surface area contributed by atoms with Crippen molar-refractivity contribution in [3.8, 4) is 5.75 Å². The maximum Gasteiger partial charge on any atom is 0.265 e. The van der Waals surface area contributed by atoms with Crippen molar-refractivity contribution in [2.45, 2.75) is 26.9 Å². The first-order valence-corrected chi connectivity index (χ1v) is 11.0. The summed E-state index contributed by atoms with van der Waals surface area (Å²) in [6, 6.07) is 11.4. The van der Waals surface area contributed by atoms with Gasteiger partial charge in [0.25, 0.3) is 5.91 Å². The summed E-state index contributed by atoms with van der Waals surface area (Å²) in [6.07, 6.45) is -0.645. The monoisotopic (exact) mass is 479 g/mol. The van der Waals surface area contributed by atoms with Crippen LogP contribution in [0.1, 0.15) is 19.4 Å². The Kier molecular flexibility index (Phi) is 7.44. The Morgan fingerprint density at radius 2 is 1.93 bits per heavy atom. The van der Waals surface area contributed by atoms with E-state index in [9.17, 15) is 4.79 Å². The highest BCUT2D eigenvalue weighted by Crippen LogP contribution is 2.29. The molecule has 1 aliphatic rings. The van der Waals surface area contributed by atoms with Crippen molar-refractivity contribution in [2.24, 2.45) is 0 Å². The van der Waals surface area contributed by atoms with Gasteiger partial charge in [-0.2, -0.15) is 0 Å². The lowest BCUT2D eigenvalue weighted by atomic mass is 10.1. The number of hydrogen-bond donors (Lipinski definition) is 1. The molecular formula is C22H27BrClN3O2. The van der Waals surface area contributed by atoms with Gasteiger partial charge in [0.15, 0.2) is 6.10 Å². The molecule has 2 aromatic carbocycles. The van der Waals surface area contributed by atoms with Gasteiger partial charge in [0.1, 0.15) is 5.75 Å². The van der Waals surface area contributed by atoms with E-state index in [1.54, 1.807) is 25.1 Å². The summed E-state index contributed by atoms with van der Waals surface area (Å²) in [7, 11) is 0. The van der Waals surface area contributed by atoms with Crippen LogP contribution in [0, 0.1) is 6.92 Å². The second-order valence-corrected chi connectivity index (χ2v) is 8.54. The number of aryl methyl sites for hydroxylation is 1. The van der Waals surface area contributed by atoms with Gasteiger partial charge in [-0.05, 0) is 78.3 Å². The van der Waals surface area contributed by atoms with Gasteiger partial charge in [-0.3, -0.25) is 4.79 Å². The molecule has 0 spiro atoms. The van der Waals surface area contributed by atoms with E-state index in [0.717, 1.165) is 44.0 Å². The number of amides is 1. The van der Waals surface area contributed by atoms with Crippen LogP contribution < -0.4 is 15.0 Å². The third-order valence-corrected chi connectivity index (χ3v) is 6.07. The Morgan fingerprint density at radius 1 is 1.21 bits per heavy atom. The average molecular weight is 481 g/mol. The minimum absolute atomic E-state index is 0.195. The summed E-state index contributed by atoms with van der Waals surface area (Å²) in [4.78, 5) is 17.5. The summed E-state index contributed by atoms with van der Waals surface area (Å²) < 4.78 is 6.50. The van der Waals surface area contributed by atoms with Gasteiger partial charge in [0, 0.05) is 42.6 Å². The molecule has 0 radical (unpaired) electrons. The van der Waals surface area contributed by atoms with Gasteiger partial charge in [-0.1, -0.05) is 18.5 Å². The first-order chi connectivity index (χ1) is 13.9. The molecule has 3 rings (SSSR count). The second-order valence-electron chi connectivity index (χ2n) is 7.24. The highest BCUT2D eigenvalue weighted by Gasteiger charge is 2.19. The van der Waals surface area contributed by atoms with Crippen LogP contribution in [0.15, 0.2) is 40.9 Å². The largest absolute Gasteiger partial charge is 0.480 e. The summed E-state index contributed by atoms with van der Waals surface area (Å²) in [6.45, 7) is 11.3. The molecule has 1 fully saturated rings. The fourth-order valence-corrected chi connectivity index (χ4v) is 4.13. The van der Waals surface area contributed by atoms with E-state index in [1.165, 1.54) is 5.69 Å². The van der Waals surface area contributed by atoms with Crippen molar-refractivity contribution in [1.29, 1.82) is 0 Å². The van der Waals surface area contributed by atoms with Gasteiger partial charge in [0.2, 0.25) is 0 Å². The third-order valence-electron chi connectivity index (χ3n) is 5.22. The van der Waals surface area contributed by atoms with Crippen LogP contribution in [0.5, 0.6) is 5.75 Å². The smallest absolute Gasteiger partial charge is 0.265 e. The molecule has 7 heteroatoms. The van der Waals surface area contributed by atoms with Gasteiger partial charge in [0.05, 0.1) is 4.47 Å². The van der Waals surface area contributed by atoms with Crippen LogP contribution in [0.25, 0.3) is 0 Å². The molecule has 1 aliphatic heterocycles. The Bertz CT molecular complexity index is 869. The molecule has 0 aromatic heterocycles. The molecule has 29 heavy (non-hydrogen) atoms. The molecule has 1 atom stereocenters. The van der Waals surface area contributed by atoms with Gasteiger partial charge >= 0.3 is 0 Å². The number of piperazine rings is 1. The Balaban J connectivity index is 1.61. The minimum atomic E-state index is -0.645. The van der Waals surface area contributed by atoms with Crippen LogP contribution in [0.4, 0.5) is 11.4 Å². The highest BCUT2D eigenvalue weighted by atomic mass is 79.9. The van der Waals surface area contributed by atoms with Crippen molar-refractivity contribution in [2.75, 3.05) is 42.9 Å². The number of nitrogens with zero attached hydrogens (tertiary/aromatic N) is 2. The van der Waals surface area contributed by atoms with Crippen molar-refractivity contribution in [3.05, 3.63) is 51.5 Å². The zero-order valence-corrected chi connectivity index (χ0v) is 19.4. The maximum absolute atomic E-state index is 12.6. The molecule has 1 heterocycles. The third kappa shape index (κ3) is 5.65. The zero-order chi connectivity index (χ0) is 21.0. The number of rotatable bonds is 6. The zero-order valence-electron chi connectivity index (χ0n) is 17.0. The van der Waals surface area contributed by atoms with Crippen molar-refractivity contribution >= 4 is 44.8 Å². The lowest BCUT2D eigenvalue weighted by molar-refractivity contribution is -0.122. The number of likely N-dealkylation sites (N-methyl/N-ethyl adjacent to an activating group) is 1. The molecular weight excluding hydrogens is 454 g/mol. The number of carbonyl (C=O) groups is 1. The Hall–Kier alpha value is -1.76. The molecule has 2 aromatic rings. The van der Waals surface area contributed by atoms with Gasteiger partial charge in [-0.15, -0.1) is 0 Å². The predicted octanol–water partition coefficient (Wildman–Crippen LogP) is 4.96. The number of nitrogens with one attached hydrogen (secondary N) is 1. The molecule has 5 nitrogen and oxygen atoms in total. The summed E-state index contributed by atoms with van der Waals surface area (Å²) in [5, 5.41) is 3.58. The molecule has 0 saturated carbocycles. The van der Waals surface area contributed by atoms with E-state index in [-0.39, 0.29) is 5.91 Å². The average Bonchev–Trinajstić information content (AvgIpc) is 2.71. The van der Waals surface area contributed by atoms with Crippen LogP contribution in [-0.2, 0) is 4.79 Å². The summed E-state index contributed by atoms with van der Waals surface area (Å²) >= 11 is 9.36. The molecule has 0 aliphatic carbocycles. The lowest BCUT2D eigenvalue weighted by Crippen LogP contribution is -2.46. The van der Waals surface area contributed by atoms with E-state index in [0.29, 0.717) is 15.2 Å². The Morgan fingerprint density at radius 3 is 2.55 bits per heavy atom. The number of ether oxygens (including phenoxy) is 1. The van der Waals surface area contributed by atoms with Gasteiger partial charge < -0.3 is 19.9 Å². The van der Waals surface area contributed by atoms with E-state index in [1.807, 2.05) is 13.0 Å². The van der Waals surface area contributed by atoms with Crippen molar-refractivity contribution in [3.63, 3.8) is 0 Å². The molecule has 156 valence electrons. The molecule has 1 unspecified atom stereocenters. The van der Waals surface area contributed by atoms with E-state index in [4.69, 9.17) is 16.3 Å². The lowest BCUT2D eigenvalue weighted by Gasteiger charge is -2.35. The summed E-state index contributed by atoms with van der Waals surface area (Å²) in [5.74, 6) is 0.384. The van der Waals surface area contributed by atoms with E-state index >= 15 is 0 Å². The first kappa shape index (κ1) is 21.9. The molecule has 0 bridgehead atoms. The topological polar surface area (TPSA) is 44.8 Å². The van der Waals surface area contributed by atoms with Crippen LogP contribution in [0.2, 0.25) is 5.02 Å². The normalized spacial score (nSPS) is 15.8. The Labute approximate surface area is 186 Å². The minimum Gasteiger partial charge on any atom is -0.480 e. The number of carbonyl (C=O) groups excluding carboxylic acids is 1. The van der Waals surface area contributed by atoms with E-state index in [2.05, 4.69) is 50.1 Å². The number of hydrogen-bond acceptors (Lipinski definition) is 4.